The van der Waals surface area contributed by atoms with E-state index < -0.39 is 0 Å². The number of aryl methyl sites for hydroxylation is 1. The Labute approximate surface area is 183 Å². The lowest BCUT2D eigenvalue weighted by molar-refractivity contribution is 0.0937. The first-order chi connectivity index (χ1) is 15.1. The number of nitrogens with two attached hydrogens (primary N) is 1. The maximum absolute atomic E-state index is 12.7. The Hall–Kier alpha value is -3.46. The second kappa shape index (κ2) is 7.99. The van der Waals surface area contributed by atoms with Crippen molar-refractivity contribution in [2.45, 2.75) is 25.8 Å². The molecule has 1 fully saturated rings. The van der Waals surface area contributed by atoms with Gasteiger partial charge in [-0.05, 0) is 50.1 Å². The highest BCUT2D eigenvalue weighted by Crippen LogP contribution is 2.35. The molecule has 0 spiro atoms. The lowest BCUT2D eigenvalue weighted by Crippen LogP contribution is -2.47. The molecular formula is C22H23N7OS. The van der Waals surface area contributed by atoms with Gasteiger partial charge in [-0.15, -0.1) is 11.3 Å². The average Bonchev–Trinajstić information content (AvgIpc) is 3.39. The van der Waals surface area contributed by atoms with Crippen LogP contribution in [0, 0.1) is 6.92 Å². The number of carbonyl (C=O) groups is 1. The number of hydrogen-bond donors (Lipinski definition) is 2. The van der Waals surface area contributed by atoms with Crippen LogP contribution in [0.1, 0.15) is 27.4 Å². The van der Waals surface area contributed by atoms with E-state index in [1.165, 1.54) is 17.7 Å². The summed E-state index contributed by atoms with van der Waals surface area (Å²) in [5.41, 5.74) is 9.98. The molecule has 31 heavy (non-hydrogen) atoms. The van der Waals surface area contributed by atoms with E-state index in [-0.39, 0.29) is 11.9 Å². The van der Waals surface area contributed by atoms with E-state index in [0.717, 1.165) is 51.6 Å². The van der Waals surface area contributed by atoms with Crippen molar-refractivity contribution in [3.63, 3.8) is 0 Å². The van der Waals surface area contributed by atoms with Gasteiger partial charge in [-0.2, -0.15) is 5.10 Å². The third kappa shape index (κ3) is 3.72. The summed E-state index contributed by atoms with van der Waals surface area (Å²) in [7, 11) is 0. The minimum atomic E-state index is -0.00740. The Bertz CT molecular complexity index is 1230. The molecule has 0 unspecified atom stereocenters. The number of aromatic nitrogens is 4. The highest BCUT2D eigenvalue weighted by molar-refractivity contribution is 7.13. The summed E-state index contributed by atoms with van der Waals surface area (Å²) >= 11 is 1.52. The average molecular weight is 434 g/mol. The van der Waals surface area contributed by atoms with Gasteiger partial charge >= 0.3 is 0 Å². The van der Waals surface area contributed by atoms with Gasteiger partial charge in [0.2, 0.25) is 0 Å². The second-order valence-corrected chi connectivity index (χ2v) is 9.01. The minimum Gasteiger partial charge on any atom is -0.382 e. The number of hydrogen-bond acceptors (Lipinski definition) is 7. The molecule has 1 aliphatic rings. The summed E-state index contributed by atoms with van der Waals surface area (Å²) in [4.78, 5) is 25.1. The first-order valence-corrected chi connectivity index (χ1v) is 11.1. The van der Waals surface area contributed by atoms with E-state index >= 15 is 0 Å². The Morgan fingerprint density at radius 2 is 2.10 bits per heavy atom. The van der Waals surface area contributed by atoms with Crippen molar-refractivity contribution in [3.05, 3.63) is 58.8 Å². The smallest absolute Gasteiger partial charge is 0.261 e. The molecule has 0 aromatic carbocycles. The van der Waals surface area contributed by atoms with E-state index in [0.29, 0.717) is 12.4 Å². The zero-order chi connectivity index (χ0) is 21.4. The molecule has 3 N–H and O–H groups in total. The van der Waals surface area contributed by atoms with Crippen molar-refractivity contribution >= 4 is 34.3 Å². The fourth-order valence-corrected chi connectivity index (χ4v) is 4.92. The van der Waals surface area contributed by atoms with Crippen LogP contribution in [-0.2, 0) is 0 Å². The molecule has 0 saturated carbocycles. The lowest BCUT2D eigenvalue weighted by atomic mass is 10.0. The molecule has 5 rings (SSSR count). The van der Waals surface area contributed by atoms with Crippen LogP contribution in [0.4, 0.5) is 11.5 Å². The fourth-order valence-electron chi connectivity index (χ4n) is 4.14. The van der Waals surface area contributed by atoms with E-state index in [9.17, 15) is 4.79 Å². The quantitative estimate of drug-likeness (QED) is 0.513. The topological polar surface area (TPSA) is 101 Å². The van der Waals surface area contributed by atoms with Crippen LogP contribution in [0.25, 0.3) is 16.8 Å². The molecule has 1 amide bonds. The van der Waals surface area contributed by atoms with Gasteiger partial charge in [0.05, 0.1) is 16.3 Å². The first-order valence-electron chi connectivity index (χ1n) is 10.2. The molecule has 158 valence electrons. The Kier molecular flexibility index (Phi) is 5.03. The number of piperidine rings is 1. The standard InChI is InChI=1S/C22H23N7OS/c1-14-4-5-19(31-14)22(30)27-16-3-2-10-28(12-16)18-11-17(15-6-8-24-9-7-15)29-20(18)21(23)25-13-26-29/h4-9,11,13,16H,2-3,10,12H2,1H3,(H,27,30)(H2,23,25,26)/t16-/m1/s1. The number of nitrogens with zero attached hydrogens (tertiary/aromatic N) is 5. The summed E-state index contributed by atoms with van der Waals surface area (Å²) in [5, 5.41) is 7.66. The van der Waals surface area contributed by atoms with Gasteiger partial charge in [0.15, 0.2) is 5.82 Å². The molecule has 4 aromatic rings. The van der Waals surface area contributed by atoms with Gasteiger partial charge in [0.1, 0.15) is 11.8 Å². The number of nitrogens with one attached hydrogen (secondary N) is 1. The molecule has 1 aliphatic heterocycles. The fraction of sp³-hybridized carbons (Fsp3) is 0.273. The summed E-state index contributed by atoms with van der Waals surface area (Å²) < 4.78 is 1.84. The minimum absolute atomic E-state index is 0.00740. The van der Waals surface area contributed by atoms with E-state index in [1.54, 1.807) is 12.4 Å². The third-order valence-corrected chi connectivity index (χ3v) is 6.60. The maximum Gasteiger partial charge on any atom is 0.261 e. The SMILES string of the molecule is Cc1ccc(C(=O)N[C@@H]2CCCN(c3cc(-c4ccncc4)n4ncnc(N)c34)C2)s1. The van der Waals surface area contributed by atoms with Crippen molar-refractivity contribution in [3.8, 4) is 11.3 Å². The van der Waals surface area contributed by atoms with Crippen molar-refractivity contribution in [2.24, 2.45) is 0 Å². The van der Waals surface area contributed by atoms with Gasteiger partial charge in [-0.3, -0.25) is 9.78 Å². The van der Waals surface area contributed by atoms with Gasteiger partial charge in [-0.1, -0.05) is 0 Å². The van der Waals surface area contributed by atoms with Crippen LogP contribution >= 0.6 is 11.3 Å². The molecule has 0 radical (unpaired) electrons. The zero-order valence-corrected chi connectivity index (χ0v) is 18.0. The molecule has 0 aliphatic carbocycles. The van der Waals surface area contributed by atoms with Gasteiger partial charge in [0.25, 0.3) is 5.91 Å². The summed E-state index contributed by atoms with van der Waals surface area (Å²) in [6, 6.07) is 9.93. The second-order valence-electron chi connectivity index (χ2n) is 7.73. The lowest BCUT2D eigenvalue weighted by Gasteiger charge is -2.34. The van der Waals surface area contributed by atoms with Crippen molar-refractivity contribution in [1.29, 1.82) is 0 Å². The van der Waals surface area contributed by atoms with E-state index in [4.69, 9.17) is 5.73 Å². The molecule has 5 heterocycles. The molecule has 9 heteroatoms. The van der Waals surface area contributed by atoms with Crippen molar-refractivity contribution < 1.29 is 4.79 Å². The molecule has 0 bridgehead atoms. The highest BCUT2D eigenvalue weighted by Gasteiger charge is 2.26. The maximum atomic E-state index is 12.7. The monoisotopic (exact) mass is 433 g/mol. The van der Waals surface area contributed by atoms with Crippen LogP contribution in [0.2, 0.25) is 0 Å². The van der Waals surface area contributed by atoms with Gasteiger partial charge in [0, 0.05) is 42.0 Å². The van der Waals surface area contributed by atoms with E-state index in [1.807, 2.05) is 35.7 Å². The van der Waals surface area contributed by atoms with Crippen LogP contribution in [-0.4, -0.2) is 44.6 Å². The Morgan fingerprint density at radius 1 is 1.26 bits per heavy atom. The number of fused-ring (bicyclic) bond motifs is 1. The Balaban J connectivity index is 1.45. The molecular weight excluding hydrogens is 410 g/mol. The summed E-state index contributed by atoms with van der Waals surface area (Å²) in [5.74, 6) is 0.428. The molecule has 8 nitrogen and oxygen atoms in total. The number of thiophene rings is 1. The van der Waals surface area contributed by atoms with Crippen LogP contribution < -0.4 is 16.0 Å². The normalized spacial score (nSPS) is 16.5. The number of carbonyl (C=O) groups excluding carboxylic acids is 1. The third-order valence-electron chi connectivity index (χ3n) is 5.60. The van der Waals surface area contributed by atoms with Gasteiger partial charge in [-0.25, -0.2) is 9.50 Å². The van der Waals surface area contributed by atoms with Crippen molar-refractivity contribution in [2.75, 3.05) is 23.7 Å². The Morgan fingerprint density at radius 3 is 2.87 bits per heavy atom. The number of anilines is 2. The number of amides is 1. The zero-order valence-electron chi connectivity index (χ0n) is 17.2. The first kappa shape index (κ1) is 19.5. The van der Waals surface area contributed by atoms with Crippen molar-refractivity contribution in [1.82, 2.24) is 24.9 Å². The summed E-state index contributed by atoms with van der Waals surface area (Å²) in [6.45, 7) is 3.60. The van der Waals surface area contributed by atoms with Crippen LogP contribution in [0.15, 0.2) is 49.1 Å². The van der Waals surface area contributed by atoms with Gasteiger partial charge < -0.3 is 16.0 Å². The number of nitrogen functional groups attached to an aromatic ring is 1. The molecule has 4 aromatic heterocycles. The molecule has 1 saturated heterocycles. The number of pyridine rings is 1. The summed E-state index contributed by atoms with van der Waals surface area (Å²) in [6.07, 6.45) is 6.92. The van der Waals surface area contributed by atoms with Crippen LogP contribution in [0.5, 0.6) is 0 Å². The van der Waals surface area contributed by atoms with E-state index in [2.05, 4.69) is 31.3 Å². The highest BCUT2D eigenvalue weighted by atomic mass is 32.1. The largest absolute Gasteiger partial charge is 0.382 e. The van der Waals surface area contributed by atoms with Crippen LogP contribution in [0.3, 0.4) is 0 Å². The number of rotatable bonds is 4. The molecule has 1 atom stereocenters. The predicted octanol–water partition coefficient (Wildman–Crippen LogP) is 3.14. The predicted molar refractivity (Wildman–Crippen MR) is 122 cm³/mol.